The minimum Gasteiger partial charge on any atom is -0.378 e. The summed E-state index contributed by atoms with van der Waals surface area (Å²) < 4.78 is 5.86. The standard InChI is InChI=1S/C13H23N3OS/c1-10-9-18-13(16-10)15-7-2-8-17-12-5-3-11(14)4-6-12/h9,11-12H,2-8,14H2,1H3,(H,15,16). The minimum absolute atomic E-state index is 0.402. The van der Waals surface area contributed by atoms with Crippen molar-refractivity contribution in [1.29, 1.82) is 0 Å². The van der Waals surface area contributed by atoms with E-state index in [2.05, 4.69) is 15.7 Å². The van der Waals surface area contributed by atoms with E-state index in [0.29, 0.717) is 12.1 Å². The van der Waals surface area contributed by atoms with Crippen LogP contribution in [0.15, 0.2) is 5.38 Å². The molecule has 0 radical (unpaired) electrons. The number of nitrogens with two attached hydrogens (primary N) is 1. The number of nitrogens with zero attached hydrogens (tertiary/aromatic N) is 1. The Morgan fingerprint density at radius 3 is 2.89 bits per heavy atom. The van der Waals surface area contributed by atoms with E-state index >= 15 is 0 Å². The lowest BCUT2D eigenvalue weighted by Gasteiger charge is -2.26. The van der Waals surface area contributed by atoms with Crippen LogP contribution in [-0.4, -0.2) is 30.3 Å². The van der Waals surface area contributed by atoms with Crippen molar-refractivity contribution in [3.63, 3.8) is 0 Å². The Labute approximate surface area is 113 Å². The summed E-state index contributed by atoms with van der Waals surface area (Å²) in [6.07, 6.45) is 5.94. The van der Waals surface area contributed by atoms with Crippen LogP contribution in [-0.2, 0) is 4.74 Å². The summed E-state index contributed by atoms with van der Waals surface area (Å²) in [5, 5.41) is 6.39. The van der Waals surface area contributed by atoms with E-state index in [1.54, 1.807) is 11.3 Å². The number of aryl methyl sites for hydroxylation is 1. The van der Waals surface area contributed by atoms with Gasteiger partial charge in [0, 0.05) is 24.6 Å². The van der Waals surface area contributed by atoms with Crippen molar-refractivity contribution in [3.05, 3.63) is 11.1 Å². The van der Waals surface area contributed by atoms with E-state index in [-0.39, 0.29) is 0 Å². The Kier molecular flexibility index (Phi) is 5.41. The predicted octanol–water partition coefficient (Wildman–Crippen LogP) is 2.54. The van der Waals surface area contributed by atoms with Crippen LogP contribution in [0.3, 0.4) is 0 Å². The fourth-order valence-corrected chi connectivity index (χ4v) is 2.92. The van der Waals surface area contributed by atoms with Gasteiger partial charge in [0.25, 0.3) is 0 Å². The minimum atomic E-state index is 0.402. The lowest BCUT2D eigenvalue weighted by Crippen LogP contribution is -2.30. The van der Waals surface area contributed by atoms with Crippen LogP contribution in [0.5, 0.6) is 0 Å². The highest BCUT2D eigenvalue weighted by Gasteiger charge is 2.18. The number of anilines is 1. The van der Waals surface area contributed by atoms with E-state index in [4.69, 9.17) is 10.5 Å². The van der Waals surface area contributed by atoms with Crippen LogP contribution in [0.2, 0.25) is 0 Å². The normalized spacial score (nSPS) is 24.1. The summed E-state index contributed by atoms with van der Waals surface area (Å²) in [7, 11) is 0. The zero-order valence-corrected chi connectivity index (χ0v) is 11.8. The van der Waals surface area contributed by atoms with E-state index in [9.17, 15) is 0 Å². The molecule has 0 atom stereocenters. The second kappa shape index (κ2) is 7.07. The Morgan fingerprint density at radius 2 is 2.22 bits per heavy atom. The summed E-state index contributed by atoms with van der Waals surface area (Å²) in [5.41, 5.74) is 6.95. The lowest BCUT2D eigenvalue weighted by atomic mass is 9.94. The van der Waals surface area contributed by atoms with Crippen LogP contribution in [0.4, 0.5) is 5.13 Å². The maximum atomic E-state index is 5.87. The van der Waals surface area contributed by atoms with Gasteiger partial charge in [-0.2, -0.15) is 0 Å². The van der Waals surface area contributed by atoms with Gasteiger partial charge in [0.1, 0.15) is 0 Å². The number of hydrogen-bond donors (Lipinski definition) is 2. The van der Waals surface area contributed by atoms with Crippen LogP contribution in [0.25, 0.3) is 0 Å². The van der Waals surface area contributed by atoms with Crippen LogP contribution >= 0.6 is 11.3 Å². The molecule has 1 heterocycles. The molecule has 0 spiro atoms. The molecule has 0 saturated heterocycles. The van der Waals surface area contributed by atoms with Crippen molar-refractivity contribution in [1.82, 2.24) is 4.98 Å². The van der Waals surface area contributed by atoms with Crippen molar-refractivity contribution in [2.75, 3.05) is 18.5 Å². The highest BCUT2D eigenvalue weighted by atomic mass is 32.1. The molecule has 3 N–H and O–H groups in total. The summed E-state index contributed by atoms with van der Waals surface area (Å²) in [4.78, 5) is 4.36. The van der Waals surface area contributed by atoms with E-state index in [1.807, 2.05) is 6.92 Å². The van der Waals surface area contributed by atoms with Crippen molar-refractivity contribution >= 4 is 16.5 Å². The first-order valence-corrected chi connectivity index (χ1v) is 7.65. The van der Waals surface area contributed by atoms with Gasteiger partial charge in [-0.3, -0.25) is 0 Å². The van der Waals surface area contributed by atoms with Gasteiger partial charge < -0.3 is 15.8 Å². The Hall–Kier alpha value is -0.650. The molecule has 5 heteroatoms. The number of hydrogen-bond acceptors (Lipinski definition) is 5. The summed E-state index contributed by atoms with van der Waals surface area (Å²) >= 11 is 1.66. The molecule has 0 amide bonds. The largest absolute Gasteiger partial charge is 0.378 e. The number of thiazole rings is 1. The van der Waals surface area contributed by atoms with Crippen molar-refractivity contribution in [2.24, 2.45) is 5.73 Å². The SMILES string of the molecule is Cc1csc(NCCCOC2CCC(N)CC2)n1. The van der Waals surface area contributed by atoms with Crippen molar-refractivity contribution in [3.8, 4) is 0 Å². The zero-order valence-electron chi connectivity index (χ0n) is 11.0. The molecule has 0 aliphatic heterocycles. The van der Waals surface area contributed by atoms with Gasteiger partial charge in [-0.15, -0.1) is 11.3 Å². The summed E-state index contributed by atoms with van der Waals surface area (Å²) in [6.45, 7) is 3.77. The third kappa shape index (κ3) is 4.55. The molecule has 1 aliphatic carbocycles. The Bertz CT molecular complexity index is 348. The molecule has 0 aromatic carbocycles. The third-order valence-electron chi connectivity index (χ3n) is 3.29. The summed E-state index contributed by atoms with van der Waals surface area (Å²) in [6, 6.07) is 0.402. The summed E-state index contributed by atoms with van der Waals surface area (Å²) in [5.74, 6) is 0. The highest BCUT2D eigenvalue weighted by Crippen LogP contribution is 2.20. The molecular weight excluding hydrogens is 246 g/mol. The fraction of sp³-hybridized carbons (Fsp3) is 0.769. The average Bonchev–Trinajstić information content (AvgIpc) is 2.77. The van der Waals surface area contributed by atoms with Gasteiger partial charge in [0.2, 0.25) is 0 Å². The van der Waals surface area contributed by atoms with Gasteiger partial charge >= 0.3 is 0 Å². The molecule has 102 valence electrons. The third-order valence-corrected chi connectivity index (χ3v) is 4.21. The molecule has 1 aromatic heterocycles. The van der Waals surface area contributed by atoms with Crippen molar-refractivity contribution in [2.45, 2.75) is 51.2 Å². The predicted molar refractivity (Wildman–Crippen MR) is 76.1 cm³/mol. The van der Waals surface area contributed by atoms with Gasteiger partial charge in [-0.25, -0.2) is 4.98 Å². The van der Waals surface area contributed by atoms with Gasteiger partial charge in [0.15, 0.2) is 5.13 Å². The van der Waals surface area contributed by atoms with Gasteiger partial charge in [-0.05, 0) is 39.0 Å². The first-order chi connectivity index (χ1) is 8.74. The number of nitrogens with one attached hydrogen (secondary N) is 1. The zero-order chi connectivity index (χ0) is 12.8. The average molecular weight is 269 g/mol. The molecule has 1 aromatic rings. The number of aromatic nitrogens is 1. The quantitative estimate of drug-likeness (QED) is 0.779. The van der Waals surface area contributed by atoms with Gasteiger partial charge in [0.05, 0.1) is 11.8 Å². The topological polar surface area (TPSA) is 60.2 Å². The first kappa shape index (κ1) is 13.8. The molecule has 18 heavy (non-hydrogen) atoms. The van der Waals surface area contributed by atoms with Crippen LogP contribution in [0, 0.1) is 6.92 Å². The second-order valence-corrected chi connectivity index (χ2v) is 5.84. The maximum absolute atomic E-state index is 5.87. The van der Waals surface area contributed by atoms with E-state index in [0.717, 1.165) is 56.1 Å². The monoisotopic (exact) mass is 269 g/mol. The Balaban J connectivity index is 1.51. The number of rotatable bonds is 6. The number of ether oxygens (including phenoxy) is 1. The van der Waals surface area contributed by atoms with Crippen LogP contribution in [0.1, 0.15) is 37.8 Å². The molecule has 0 unspecified atom stereocenters. The lowest BCUT2D eigenvalue weighted by molar-refractivity contribution is 0.0251. The van der Waals surface area contributed by atoms with Crippen molar-refractivity contribution < 1.29 is 4.74 Å². The maximum Gasteiger partial charge on any atom is 0.182 e. The molecule has 2 rings (SSSR count). The molecule has 0 bridgehead atoms. The van der Waals surface area contributed by atoms with E-state index < -0.39 is 0 Å². The second-order valence-electron chi connectivity index (χ2n) is 4.98. The molecule has 4 nitrogen and oxygen atoms in total. The highest BCUT2D eigenvalue weighted by molar-refractivity contribution is 7.13. The van der Waals surface area contributed by atoms with E-state index in [1.165, 1.54) is 0 Å². The Morgan fingerprint density at radius 1 is 1.44 bits per heavy atom. The molecule has 1 aliphatic rings. The smallest absolute Gasteiger partial charge is 0.182 e. The van der Waals surface area contributed by atoms with Gasteiger partial charge in [-0.1, -0.05) is 0 Å². The molecule has 1 fully saturated rings. The first-order valence-electron chi connectivity index (χ1n) is 6.77. The molecule has 1 saturated carbocycles. The van der Waals surface area contributed by atoms with Crippen LogP contribution < -0.4 is 11.1 Å². The molecular formula is C13H23N3OS. The fourth-order valence-electron chi connectivity index (χ4n) is 2.21.